The number of aromatic nitrogens is 4. The van der Waals surface area contributed by atoms with Crippen molar-refractivity contribution in [3.8, 4) is 0 Å². The predicted molar refractivity (Wildman–Crippen MR) is 126 cm³/mol. The van der Waals surface area contributed by atoms with Crippen LogP contribution in [0.5, 0.6) is 0 Å². The first kappa shape index (κ1) is 19.9. The first-order chi connectivity index (χ1) is 15.5. The van der Waals surface area contributed by atoms with Gasteiger partial charge >= 0.3 is 0 Å². The highest BCUT2D eigenvalue weighted by Crippen LogP contribution is 2.37. The second-order valence-corrected chi connectivity index (χ2v) is 9.80. The molecule has 0 bridgehead atoms. The van der Waals surface area contributed by atoms with Crippen LogP contribution < -0.4 is 10.2 Å². The lowest BCUT2D eigenvalue weighted by atomic mass is 9.96. The Labute approximate surface area is 188 Å². The number of piperazine rings is 1. The van der Waals surface area contributed by atoms with Crippen molar-refractivity contribution in [1.82, 2.24) is 24.6 Å². The Hall–Kier alpha value is -2.71. The lowest BCUT2D eigenvalue weighted by molar-refractivity contribution is -0.131. The zero-order valence-electron chi connectivity index (χ0n) is 19.1. The summed E-state index contributed by atoms with van der Waals surface area (Å²) in [6.45, 7) is 12.5. The molecule has 32 heavy (non-hydrogen) atoms. The van der Waals surface area contributed by atoms with Crippen LogP contribution in [0, 0.1) is 13.8 Å². The van der Waals surface area contributed by atoms with E-state index in [0.717, 1.165) is 61.7 Å². The normalized spacial score (nSPS) is 21.0. The minimum Gasteiger partial charge on any atom is -0.377 e. The fourth-order valence-electron chi connectivity index (χ4n) is 5.00. The third-order valence-corrected chi connectivity index (χ3v) is 7.29. The lowest BCUT2D eigenvalue weighted by Gasteiger charge is -2.50. The van der Waals surface area contributed by atoms with Gasteiger partial charge in [0, 0.05) is 43.4 Å². The first-order valence-electron chi connectivity index (χ1n) is 11.7. The van der Waals surface area contributed by atoms with Crippen LogP contribution in [0.2, 0.25) is 0 Å². The maximum Gasteiger partial charge on any atom is 0.227 e. The third-order valence-electron chi connectivity index (χ3n) is 7.29. The van der Waals surface area contributed by atoms with Crippen LogP contribution in [0.4, 0.5) is 17.3 Å². The minimum absolute atomic E-state index is 0.226. The molecule has 0 amide bonds. The molecule has 4 heterocycles. The van der Waals surface area contributed by atoms with E-state index < -0.39 is 0 Å². The molecule has 3 aliphatic rings. The van der Waals surface area contributed by atoms with Gasteiger partial charge in [-0.2, -0.15) is 5.10 Å². The second kappa shape index (κ2) is 7.42. The molecule has 0 spiro atoms. The molecule has 168 valence electrons. The summed E-state index contributed by atoms with van der Waals surface area (Å²) in [7, 11) is 0. The number of nitrogens with zero attached hydrogens (tertiary/aromatic N) is 6. The number of benzene rings is 1. The van der Waals surface area contributed by atoms with Gasteiger partial charge in [-0.05, 0) is 51.3 Å². The van der Waals surface area contributed by atoms with Crippen LogP contribution in [0.25, 0.3) is 10.9 Å². The van der Waals surface area contributed by atoms with E-state index in [4.69, 9.17) is 9.72 Å². The van der Waals surface area contributed by atoms with Gasteiger partial charge in [0.25, 0.3) is 0 Å². The average Bonchev–Trinajstić information content (AvgIpc) is 3.56. The Balaban J connectivity index is 1.22. The SMILES string of the molecule is Cc1cc2cnc(Nc3cnn(C4CC4)c3C)nc2cc1N1CCN(C2(C)COC2)CC1. The maximum atomic E-state index is 5.47. The van der Waals surface area contributed by atoms with Gasteiger partial charge in [-0.15, -0.1) is 0 Å². The first-order valence-corrected chi connectivity index (χ1v) is 11.7. The van der Waals surface area contributed by atoms with Gasteiger partial charge in [0.05, 0.1) is 47.9 Å². The number of ether oxygens (including phenoxy) is 1. The number of hydrogen-bond acceptors (Lipinski definition) is 7. The lowest BCUT2D eigenvalue weighted by Crippen LogP contribution is -2.64. The van der Waals surface area contributed by atoms with Crippen molar-refractivity contribution in [2.24, 2.45) is 0 Å². The zero-order chi connectivity index (χ0) is 21.9. The van der Waals surface area contributed by atoms with Crippen molar-refractivity contribution in [3.05, 3.63) is 35.8 Å². The molecule has 2 aromatic heterocycles. The standard InChI is InChI=1S/C24H31N7O/c1-16-10-18-12-25-23(28-21-13-26-31(17(21)2)19-4-5-19)27-20(18)11-22(16)29-6-8-30(9-7-29)24(3)14-32-15-24/h10-13,19H,4-9,14-15H2,1-3H3,(H,25,27,28). The van der Waals surface area contributed by atoms with Crippen LogP contribution in [-0.2, 0) is 4.74 Å². The Morgan fingerprint density at radius 3 is 2.53 bits per heavy atom. The van der Waals surface area contributed by atoms with Crippen molar-refractivity contribution in [2.75, 3.05) is 49.6 Å². The van der Waals surface area contributed by atoms with Crippen LogP contribution in [0.3, 0.4) is 0 Å². The molecule has 3 fully saturated rings. The van der Waals surface area contributed by atoms with E-state index >= 15 is 0 Å². The molecule has 1 aromatic carbocycles. The molecular formula is C24H31N7O. The summed E-state index contributed by atoms with van der Waals surface area (Å²) in [5, 5.41) is 8.98. The van der Waals surface area contributed by atoms with Crippen molar-refractivity contribution in [3.63, 3.8) is 0 Å². The molecule has 6 rings (SSSR count). The summed E-state index contributed by atoms with van der Waals surface area (Å²) < 4.78 is 7.58. The van der Waals surface area contributed by atoms with E-state index in [1.807, 2.05) is 12.4 Å². The second-order valence-electron chi connectivity index (χ2n) is 9.80. The summed E-state index contributed by atoms with van der Waals surface area (Å²) in [4.78, 5) is 14.5. The zero-order valence-corrected chi connectivity index (χ0v) is 19.1. The average molecular weight is 434 g/mol. The topological polar surface area (TPSA) is 71.3 Å². The van der Waals surface area contributed by atoms with E-state index in [-0.39, 0.29) is 5.54 Å². The fraction of sp³-hybridized carbons (Fsp3) is 0.542. The molecule has 8 nitrogen and oxygen atoms in total. The highest BCUT2D eigenvalue weighted by Gasteiger charge is 2.40. The minimum atomic E-state index is 0.226. The van der Waals surface area contributed by atoms with Gasteiger partial charge in [0.2, 0.25) is 5.95 Å². The van der Waals surface area contributed by atoms with E-state index in [2.05, 4.69) is 62.8 Å². The Morgan fingerprint density at radius 2 is 1.84 bits per heavy atom. The van der Waals surface area contributed by atoms with E-state index in [1.54, 1.807) is 0 Å². The van der Waals surface area contributed by atoms with Gasteiger partial charge < -0.3 is 15.0 Å². The molecule has 3 aromatic rings. The molecule has 2 saturated heterocycles. The fourth-order valence-corrected chi connectivity index (χ4v) is 5.00. The van der Waals surface area contributed by atoms with Crippen LogP contribution in [0.15, 0.2) is 24.5 Å². The summed E-state index contributed by atoms with van der Waals surface area (Å²) >= 11 is 0. The summed E-state index contributed by atoms with van der Waals surface area (Å²) in [6.07, 6.45) is 6.24. The maximum absolute atomic E-state index is 5.47. The number of hydrogen-bond donors (Lipinski definition) is 1. The number of anilines is 3. The highest BCUT2D eigenvalue weighted by atomic mass is 16.5. The number of rotatable bonds is 5. The quantitative estimate of drug-likeness (QED) is 0.661. The van der Waals surface area contributed by atoms with Crippen molar-refractivity contribution in [2.45, 2.75) is 45.2 Å². The van der Waals surface area contributed by atoms with E-state index in [1.165, 1.54) is 24.1 Å². The number of fused-ring (bicyclic) bond motifs is 1. The molecule has 1 N–H and O–H groups in total. The van der Waals surface area contributed by atoms with Crippen LogP contribution >= 0.6 is 0 Å². The van der Waals surface area contributed by atoms with Gasteiger partial charge in [-0.25, -0.2) is 9.97 Å². The van der Waals surface area contributed by atoms with Crippen LogP contribution in [0.1, 0.15) is 37.1 Å². The Morgan fingerprint density at radius 1 is 1.06 bits per heavy atom. The monoisotopic (exact) mass is 433 g/mol. The van der Waals surface area contributed by atoms with Crippen molar-refractivity contribution >= 4 is 28.2 Å². The van der Waals surface area contributed by atoms with Gasteiger partial charge in [0.1, 0.15) is 0 Å². The largest absolute Gasteiger partial charge is 0.377 e. The number of aryl methyl sites for hydroxylation is 1. The van der Waals surface area contributed by atoms with Gasteiger partial charge in [-0.3, -0.25) is 9.58 Å². The van der Waals surface area contributed by atoms with Crippen LogP contribution in [-0.4, -0.2) is 69.6 Å². The molecule has 1 saturated carbocycles. The Bertz CT molecular complexity index is 1160. The Kier molecular flexibility index (Phi) is 4.62. The highest BCUT2D eigenvalue weighted by molar-refractivity contribution is 5.84. The van der Waals surface area contributed by atoms with E-state index in [9.17, 15) is 0 Å². The van der Waals surface area contributed by atoms with Gasteiger partial charge in [0.15, 0.2) is 0 Å². The van der Waals surface area contributed by atoms with E-state index in [0.29, 0.717) is 12.0 Å². The molecule has 1 aliphatic carbocycles. The molecule has 2 aliphatic heterocycles. The van der Waals surface area contributed by atoms with Crippen molar-refractivity contribution < 1.29 is 4.74 Å². The van der Waals surface area contributed by atoms with Gasteiger partial charge in [-0.1, -0.05) is 0 Å². The molecule has 0 atom stereocenters. The molecule has 8 heteroatoms. The smallest absolute Gasteiger partial charge is 0.227 e. The number of nitrogens with one attached hydrogen (secondary N) is 1. The third kappa shape index (κ3) is 3.42. The summed E-state index contributed by atoms with van der Waals surface area (Å²) in [5.41, 5.74) is 5.86. The molecular weight excluding hydrogens is 402 g/mol. The molecule has 0 unspecified atom stereocenters. The van der Waals surface area contributed by atoms with Crippen molar-refractivity contribution in [1.29, 1.82) is 0 Å². The molecule has 0 radical (unpaired) electrons. The summed E-state index contributed by atoms with van der Waals surface area (Å²) in [5.74, 6) is 0.619. The predicted octanol–water partition coefficient (Wildman–Crippen LogP) is 3.43. The summed E-state index contributed by atoms with van der Waals surface area (Å²) in [6, 6.07) is 4.99.